The Kier molecular flexibility index (Phi) is 6.94. The molecule has 1 atom stereocenters. The number of aliphatic hydroxyl groups is 1. The molecule has 3 N–H and O–H groups in total. The molecule has 0 saturated carbocycles. The van der Waals surface area contributed by atoms with Crippen molar-refractivity contribution in [1.29, 1.82) is 0 Å². The summed E-state index contributed by atoms with van der Waals surface area (Å²) in [6, 6.07) is 5.82. The summed E-state index contributed by atoms with van der Waals surface area (Å²) in [6.07, 6.45) is 2.53. The maximum atomic E-state index is 9.55. The summed E-state index contributed by atoms with van der Waals surface area (Å²) in [6.45, 7) is 6.63. The quantitative estimate of drug-likeness (QED) is 0.464. The number of hydrogen-bond acceptors (Lipinski definition) is 8. The second-order valence-corrected chi connectivity index (χ2v) is 7.25. The number of ether oxygens (including phenoxy) is 2. The number of imidazole rings is 1. The van der Waals surface area contributed by atoms with E-state index < -0.39 is 0 Å². The van der Waals surface area contributed by atoms with E-state index in [1.54, 1.807) is 20.5 Å². The van der Waals surface area contributed by atoms with Crippen molar-refractivity contribution < 1.29 is 14.6 Å². The lowest BCUT2D eigenvalue weighted by atomic mass is 10.2. The van der Waals surface area contributed by atoms with Gasteiger partial charge in [-0.05, 0) is 26.3 Å². The number of rotatable bonds is 10. The molecule has 0 spiro atoms. The molecule has 2 heterocycles. The first-order valence-corrected chi connectivity index (χ1v) is 10.1. The molecule has 9 nitrogen and oxygen atoms in total. The van der Waals surface area contributed by atoms with Crippen LogP contribution >= 0.6 is 0 Å². The highest BCUT2D eigenvalue weighted by Crippen LogP contribution is 2.32. The van der Waals surface area contributed by atoms with Crippen molar-refractivity contribution in [2.24, 2.45) is 0 Å². The van der Waals surface area contributed by atoms with Gasteiger partial charge in [-0.1, -0.05) is 19.1 Å². The number of fused-ring (bicyclic) bond motifs is 1. The number of aliphatic hydroxyl groups excluding tert-OH is 1. The number of anilines is 2. The van der Waals surface area contributed by atoms with Crippen molar-refractivity contribution >= 4 is 22.9 Å². The number of benzene rings is 1. The van der Waals surface area contributed by atoms with Crippen LogP contribution in [0.3, 0.4) is 0 Å². The molecule has 2 aromatic heterocycles. The Balaban J connectivity index is 1.98. The molecule has 162 valence electrons. The van der Waals surface area contributed by atoms with Crippen LogP contribution in [0.1, 0.15) is 38.8 Å². The average Bonchev–Trinajstić information content (AvgIpc) is 3.19. The Labute approximate surface area is 176 Å². The van der Waals surface area contributed by atoms with Gasteiger partial charge in [0.1, 0.15) is 0 Å². The van der Waals surface area contributed by atoms with Crippen LogP contribution in [0.5, 0.6) is 11.5 Å². The van der Waals surface area contributed by atoms with E-state index in [-0.39, 0.29) is 18.7 Å². The summed E-state index contributed by atoms with van der Waals surface area (Å²) < 4.78 is 12.9. The van der Waals surface area contributed by atoms with E-state index >= 15 is 0 Å². The van der Waals surface area contributed by atoms with E-state index in [2.05, 4.69) is 39.4 Å². The Bertz CT molecular complexity index is 984. The van der Waals surface area contributed by atoms with Crippen molar-refractivity contribution in [2.45, 2.75) is 45.8 Å². The molecule has 0 bridgehead atoms. The number of nitrogens with one attached hydrogen (secondary N) is 2. The summed E-state index contributed by atoms with van der Waals surface area (Å²) >= 11 is 0. The third-order valence-electron chi connectivity index (χ3n) is 4.95. The normalized spacial score (nSPS) is 12.2. The van der Waals surface area contributed by atoms with E-state index in [1.807, 2.05) is 29.7 Å². The predicted octanol–water partition coefficient (Wildman–Crippen LogP) is 3.22. The molecule has 3 rings (SSSR count). The zero-order valence-electron chi connectivity index (χ0n) is 18.1. The summed E-state index contributed by atoms with van der Waals surface area (Å²) in [5.41, 5.74) is 2.35. The highest BCUT2D eigenvalue weighted by molar-refractivity contribution is 5.84. The van der Waals surface area contributed by atoms with Crippen molar-refractivity contribution in [3.63, 3.8) is 0 Å². The van der Waals surface area contributed by atoms with E-state index in [9.17, 15) is 5.11 Å². The van der Waals surface area contributed by atoms with Crippen LogP contribution in [0.4, 0.5) is 11.8 Å². The van der Waals surface area contributed by atoms with E-state index in [1.165, 1.54) is 0 Å². The van der Waals surface area contributed by atoms with E-state index in [0.717, 1.165) is 17.6 Å². The smallest absolute Gasteiger partial charge is 0.227 e. The maximum absolute atomic E-state index is 9.55. The van der Waals surface area contributed by atoms with Gasteiger partial charge in [0.2, 0.25) is 5.95 Å². The first-order valence-electron chi connectivity index (χ1n) is 10.1. The Morgan fingerprint density at radius 3 is 2.60 bits per heavy atom. The van der Waals surface area contributed by atoms with Gasteiger partial charge in [0.25, 0.3) is 0 Å². The zero-order valence-corrected chi connectivity index (χ0v) is 18.1. The van der Waals surface area contributed by atoms with Gasteiger partial charge in [-0.15, -0.1) is 0 Å². The molecule has 0 aliphatic rings. The van der Waals surface area contributed by atoms with Gasteiger partial charge in [0.15, 0.2) is 28.5 Å². The fraction of sp³-hybridized carbons (Fsp3) is 0.476. The molecule has 0 saturated heterocycles. The fourth-order valence-corrected chi connectivity index (χ4v) is 3.21. The molecule has 1 aromatic carbocycles. The van der Waals surface area contributed by atoms with Gasteiger partial charge < -0.3 is 29.8 Å². The molecule has 30 heavy (non-hydrogen) atoms. The lowest BCUT2D eigenvalue weighted by molar-refractivity contribution is 0.271. The average molecular weight is 415 g/mol. The van der Waals surface area contributed by atoms with Gasteiger partial charge in [-0.3, -0.25) is 0 Å². The number of para-hydroxylation sites is 1. The fourth-order valence-electron chi connectivity index (χ4n) is 3.21. The number of nitrogens with zero attached hydrogens (tertiary/aromatic N) is 4. The van der Waals surface area contributed by atoms with Crippen molar-refractivity contribution in [3.05, 3.63) is 30.1 Å². The molecule has 0 radical (unpaired) electrons. The Morgan fingerprint density at radius 2 is 1.97 bits per heavy atom. The molecule has 0 fully saturated rings. The van der Waals surface area contributed by atoms with Crippen LogP contribution < -0.4 is 20.1 Å². The van der Waals surface area contributed by atoms with Gasteiger partial charge >= 0.3 is 0 Å². The number of methoxy groups -OCH3 is 2. The van der Waals surface area contributed by atoms with Crippen molar-refractivity contribution in [2.75, 3.05) is 31.5 Å². The summed E-state index contributed by atoms with van der Waals surface area (Å²) in [5, 5.41) is 16.1. The SMILES string of the molecule is CC[C@H](CO)Nc1nc(NCc2cccc(OC)c2OC)c2ncn(C(C)C)c2n1. The zero-order chi connectivity index (χ0) is 21.7. The molecule has 3 aromatic rings. The summed E-state index contributed by atoms with van der Waals surface area (Å²) in [4.78, 5) is 13.8. The first kappa shape index (κ1) is 21.6. The predicted molar refractivity (Wildman–Crippen MR) is 117 cm³/mol. The first-order chi connectivity index (χ1) is 14.5. The summed E-state index contributed by atoms with van der Waals surface area (Å²) in [7, 11) is 3.24. The molecule has 0 aliphatic heterocycles. The molecule has 0 aliphatic carbocycles. The van der Waals surface area contributed by atoms with Crippen LogP contribution in [-0.4, -0.2) is 51.5 Å². The lowest BCUT2D eigenvalue weighted by Gasteiger charge is -2.17. The standard InChI is InChI=1S/C21H30N6O3/c1-6-15(11-28)24-21-25-19(17-20(26-21)27(12-23-17)13(2)3)22-10-14-8-7-9-16(29-4)18(14)30-5/h7-9,12-13,15,28H,6,10-11H2,1-5H3,(H2,22,24,25,26)/t15-/m1/s1. The van der Waals surface area contributed by atoms with Gasteiger partial charge in [0, 0.05) is 18.2 Å². The third-order valence-corrected chi connectivity index (χ3v) is 4.95. The van der Waals surface area contributed by atoms with E-state index in [0.29, 0.717) is 35.3 Å². The Morgan fingerprint density at radius 1 is 1.17 bits per heavy atom. The van der Waals surface area contributed by atoms with Gasteiger partial charge in [0.05, 0.1) is 33.2 Å². The van der Waals surface area contributed by atoms with Crippen LogP contribution in [0.2, 0.25) is 0 Å². The van der Waals surface area contributed by atoms with Crippen LogP contribution in [0.15, 0.2) is 24.5 Å². The Hall–Kier alpha value is -3.07. The monoisotopic (exact) mass is 414 g/mol. The molecule has 0 unspecified atom stereocenters. The molecular weight excluding hydrogens is 384 g/mol. The van der Waals surface area contributed by atoms with Gasteiger partial charge in [-0.2, -0.15) is 9.97 Å². The number of aromatic nitrogens is 4. The lowest BCUT2D eigenvalue weighted by Crippen LogP contribution is -2.24. The minimum atomic E-state index is -0.121. The topological polar surface area (TPSA) is 106 Å². The third kappa shape index (κ3) is 4.40. The summed E-state index contributed by atoms with van der Waals surface area (Å²) in [5.74, 6) is 2.41. The molecule has 0 amide bonds. The van der Waals surface area contributed by atoms with Crippen LogP contribution in [0.25, 0.3) is 11.2 Å². The van der Waals surface area contributed by atoms with Gasteiger partial charge in [-0.25, -0.2) is 4.98 Å². The maximum Gasteiger partial charge on any atom is 0.227 e. The van der Waals surface area contributed by atoms with E-state index in [4.69, 9.17) is 9.47 Å². The molecular formula is C21H30N6O3. The number of hydrogen-bond donors (Lipinski definition) is 3. The van der Waals surface area contributed by atoms with Crippen molar-refractivity contribution in [1.82, 2.24) is 19.5 Å². The molecule has 9 heteroatoms. The minimum absolute atomic E-state index is 0.00507. The minimum Gasteiger partial charge on any atom is -0.493 e. The van der Waals surface area contributed by atoms with Crippen molar-refractivity contribution in [3.8, 4) is 11.5 Å². The van der Waals surface area contributed by atoms with Crippen LogP contribution in [-0.2, 0) is 6.54 Å². The highest BCUT2D eigenvalue weighted by Gasteiger charge is 2.17. The second-order valence-electron chi connectivity index (χ2n) is 7.25. The largest absolute Gasteiger partial charge is 0.493 e. The second kappa shape index (κ2) is 9.62. The highest BCUT2D eigenvalue weighted by atomic mass is 16.5. The van der Waals surface area contributed by atoms with Crippen LogP contribution in [0, 0.1) is 0 Å².